The lowest BCUT2D eigenvalue weighted by molar-refractivity contribution is -0.380. The van der Waals surface area contributed by atoms with Crippen molar-refractivity contribution in [3.8, 4) is 0 Å². The van der Waals surface area contributed by atoms with Crippen molar-refractivity contribution in [1.82, 2.24) is 4.98 Å². The van der Waals surface area contributed by atoms with Crippen LogP contribution in [0.5, 0.6) is 0 Å². The van der Waals surface area contributed by atoms with E-state index in [0.29, 0.717) is 12.8 Å². The van der Waals surface area contributed by atoms with E-state index in [1.54, 1.807) is 0 Å². The summed E-state index contributed by atoms with van der Waals surface area (Å²) in [5.74, 6) is -0.847. The average molecular weight is 325 g/mol. The molecule has 1 saturated carbocycles. The first kappa shape index (κ1) is 14.9. The van der Waals surface area contributed by atoms with E-state index in [4.69, 9.17) is 4.74 Å². The van der Waals surface area contributed by atoms with Gasteiger partial charge in [0.05, 0.1) is 10.3 Å². The molecule has 0 spiro atoms. The van der Waals surface area contributed by atoms with Crippen LogP contribution >= 0.6 is 11.3 Å². The lowest BCUT2D eigenvalue weighted by Crippen LogP contribution is -2.50. The number of esters is 1. The number of nitro groups is 1. The van der Waals surface area contributed by atoms with Gasteiger partial charge in [-0.2, -0.15) is 0 Å². The van der Waals surface area contributed by atoms with Crippen molar-refractivity contribution in [1.29, 1.82) is 0 Å². The Morgan fingerprint density at radius 2 is 2.14 bits per heavy atom. The third kappa shape index (κ3) is 1.59. The smallest absolute Gasteiger partial charge is 0.345 e. The van der Waals surface area contributed by atoms with Crippen LogP contribution in [0.4, 0.5) is 10.1 Å². The summed E-state index contributed by atoms with van der Waals surface area (Å²) in [6, 6.07) is 0. The van der Waals surface area contributed by atoms with Crippen LogP contribution < -0.4 is 5.32 Å². The third-order valence-corrected chi connectivity index (χ3v) is 6.21. The molecule has 1 aromatic heterocycles. The Balaban J connectivity index is 1.89. The maximum absolute atomic E-state index is 12.7. The highest BCUT2D eigenvalue weighted by molar-refractivity contribution is 7.18. The highest BCUT2D eigenvalue weighted by atomic mass is 32.1. The molecule has 1 aliphatic heterocycles. The van der Waals surface area contributed by atoms with E-state index >= 15 is 0 Å². The van der Waals surface area contributed by atoms with Crippen LogP contribution in [0, 0.1) is 20.9 Å². The zero-order valence-corrected chi connectivity index (χ0v) is 13.2. The number of nitrogens with zero attached hydrogens (tertiary/aromatic N) is 2. The van der Waals surface area contributed by atoms with Crippen LogP contribution in [0.15, 0.2) is 6.20 Å². The van der Waals surface area contributed by atoms with Gasteiger partial charge in [0.25, 0.3) is 5.91 Å². The quantitative estimate of drug-likeness (QED) is 0.517. The third-order valence-electron chi connectivity index (χ3n) is 5.34. The van der Waals surface area contributed by atoms with E-state index in [1.807, 2.05) is 20.8 Å². The number of nitrogens with one attached hydrogen (secondary N) is 1. The van der Waals surface area contributed by atoms with Crippen molar-refractivity contribution in [3.63, 3.8) is 0 Å². The van der Waals surface area contributed by atoms with Gasteiger partial charge in [0.2, 0.25) is 0 Å². The first-order valence-electron chi connectivity index (χ1n) is 6.79. The van der Waals surface area contributed by atoms with E-state index in [1.165, 1.54) is 0 Å². The molecule has 2 fully saturated rings. The van der Waals surface area contributed by atoms with Crippen molar-refractivity contribution >= 4 is 33.3 Å². The predicted octanol–water partition coefficient (Wildman–Crippen LogP) is 2.11. The number of hydrogen-bond donors (Lipinski definition) is 1. The van der Waals surface area contributed by atoms with Gasteiger partial charge in [-0.1, -0.05) is 13.8 Å². The summed E-state index contributed by atoms with van der Waals surface area (Å²) in [6.45, 7) is 5.50. The Bertz CT molecular complexity index is 700. The molecule has 1 N–H and O–H groups in total. The van der Waals surface area contributed by atoms with E-state index in [-0.39, 0.29) is 16.1 Å². The minimum absolute atomic E-state index is 0.124. The number of ether oxygens (including phenoxy) is 1. The van der Waals surface area contributed by atoms with Crippen LogP contribution in [0.3, 0.4) is 0 Å². The number of hydrogen-bond acceptors (Lipinski definition) is 7. The highest BCUT2D eigenvalue weighted by Gasteiger charge is 2.75. The lowest BCUT2D eigenvalue weighted by Gasteiger charge is -2.34. The average Bonchev–Trinajstić information content (AvgIpc) is 3.00. The molecule has 0 unspecified atom stereocenters. The van der Waals surface area contributed by atoms with Crippen molar-refractivity contribution in [2.24, 2.45) is 10.8 Å². The van der Waals surface area contributed by atoms with Crippen LogP contribution in [-0.2, 0) is 14.3 Å². The van der Waals surface area contributed by atoms with Gasteiger partial charge in [-0.05, 0) is 31.1 Å². The summed E-state index contributed by atoms with van der Waals surface area (Å²) in [5, 5.41) is 13.2. The van der Waals surface area contributed by atoms with Crippen molar-refractivity contribution in [2.75, 3.05) is 5.32 Å². The van der Waals surface area contributed by atoms with E-state index < -0.39 is 27.3 Å². The molecule has 9 heteroatoms. The number of carbonyl (C=O) groups is 2. The SMILES string of the molecule is CC1(C)[C@]2(C)CC[C@]1(C(=O)Nc1ncc([N+](=O)[O-])s1)OC2=O. The maximum atomic E-state index is 12.7. The largest absolute Gasteiger partial charge is 0.448 e. The molecular formula is C13H15N3O5S. The molecule has 0 aromatic carbocycles. The zero-order valence-electron chi connectivity index (χ0n) is 12.3. The van der Waals surface area contributed by atoms with Crippen LogP contribution in [0.1, 0.15) is 33.6 Å². The van der Waals surface area contributed by atoms with Gasteiger partial charge in [0, 0.05) is 5.41 Å². The fourth-order valence-corrected chi connectivity index (χ4v) is 3.98. The van der Waals surface area contributed by atoms with Gasteiger partial charge < -0.3 is 4.74 Å². The predicted molar refractivity (Wildman–Crippen MR) is 77.3 cm³/mol. The Morgan fingerprint density at radius 3 is 2.59 bits per heavy atom. The molecule has 2 atom stereocenters. The molecule has 1 aromatic rings. The normalized spacial score (nSPS) is 31.9. The van der Waals surface area contributed by atoms with Gasteiger partial charge in [-0.15, -0.1) is 0 Å². The minimum atomic E-state index is -1.25. The number of amides is 1. The maximum Gasteiger partial charge on any atom is 0.345 e. The summed E-state index contributed by atoms with van der Waals surface area (Å²) in [4.78, 5) is 38.7. The molecule has 1 amide bonds. The second-order valence-electron chi connectivity index (χ2n) is 6.39. The van der Waals surface area contributed by atoms with Crippen LogP contribution in [0.25, 0.3) is 0 Å². The van der Waals surface area contributed by atoms with Gasteiger partial charge in [-0.25, -0.2) is 4.98 Å². The van der Waals surface area contributed by atoms with Crippen LogP contribution in [0.2, 0.25) is 0 Å². The van der Waals surface area contributed by atoms with E-state index in [0.717, 1.165) is 17.5 Å². The molecule has 118 valence electrons. The van der Waals surface area contributed by atoms with Crippen LogP contribution in [-0.4, -0.2) is 27.4 Å². The molecule has 2 bridgehead atoms. The number of rotatable bonds is 3. The second-order valence-corrected chi connectivity index (χ2v) is 7.40. The van der Waals surface area contributed by atoms with Crippen molar-refractivity contribution in [3.05, 3.63) is 16.3 Å². The fraction of sp³-hybridized carbons (Fsp3) is 0.615. The molecule has 8 nitrogen and oxygen atoms in total. The van der Waals surface area contributed by atoms with E-state index in [2.05, 4.69) is 10.3 Å². The molecule has 0 radical (unpaired) electrons. The van der Waals surface area contributed by atoms with E-state index in [9.17, 15) is 19.7 Å². The highest BCUT2D eigenvalue weighted by Crippen LogP contribution is 2.65. The molecule has 2 heterocycles. The molecule has 2 aliphatic rings. The van der Waals surface area contributed by atoms with Gasteiger partial charge in [-0.3, -0.25) is 25.0 Å². The molecule has 1 aliphatic carbocycles. The lowest BCUT2D eigenvalue weighted by atomic mass is 9.66. The summed E-state index contributed by atoms with van der Waals surface area (Å²) >= 11 is 0.768. The summed E-state index contributed by atoms with van der Waals surface area (Å²) in [7, 11) is 0. The van der Waals surface area contributed by atoms with Gasteiger partial charge in [0.15, 0.2) is 10.7 Å². The van der Waals surface area contributed by atoms with Crippen molar-refractivity contribution in [2.45, 2.75) is 39.2 Å². The number of thiazole rings is 1. The van der Waals surface area contributed by atoms with Gasteiger partial charge >= 0.3 is 11.0 Å². The Labute approximate surface area is 130 Å². The Morgan fingerprint density at radius 1 is 1.45 bits per heavy atom. The standard InChI is InChI=1S/C13H15N3O5S/c1-11(2)12(3)4-5-13(11,21-9(12)18)8(17)15-10-14-6-7(22-10)16(19)20/h6H,4-5H2,1-3H3,(H,14,15,17)/t12-,13-/m1/s1. The summed E-state index contributed by atoms with van der Waals surface area (Å²) < 4.78 is 5.45. The van der Waals surface area contributed by atoms with Crippen molar-refractivity contribution < 1.29 is 19.2 Å². The summed E-state index contributed by atoms with van der Waals surface area (Å²) in [5.41, 5.74) is -2.61. The fourth-order valence-electron chi connectivity index (χ4n) is 3.35. The monoisotopic (exact) mass is 325 g/mol. The molecule has 3 rings (SSSR count). The number of fused-ring (bicyclic) bond motifs is 2. The number of anilines is 1. The number of aromatic nitrogens is 1. The summed E-state index contributed by atoms with van der Waals surface area (Å²) in [6.07, 6.45) is 2.09. The first-order chi connectivity index (χ1) is 10.1. The second kappa shape index (κ2) is 4.25. The Kier molecular flexibility index (Phi) is 2.88. The molecular weight excluding hydrogens is 310 g/mol. The zero-order chi connectivity index (χ0) is 16.3. The van der Waals surface area contributed by atoms with Gasteiger partial charge in [0.1, 0.15) is 6.20 Å². The topological polar surface area (TPSA) is 111 Å². The Hall–Kier alpha value is -2.03. The molecule has 22 heavy (non-hydrogen) atoms. The molecule has 1 saturated heterocycles. The minimum Gasteiger partial charge on any atom is -0.448 e. The first-order valence-corrected chi connectivity index (χ1v) is 7.61. The number of carbonyl (C=O) groups excluding carboxylic acids is 2.